The lowest BCUT2D eigenvalue weighted by molar-refractivity contribution is 0.471. The van der Waals surface area contributed by atoms with Crippen LogP contribution in [0, 0.1) is 0 Å². The third-order valence-corrected chi connectivity index (χ3v) is 2.72. The Morgan fingerprint density at radius 3 is 2.25 bits per heavy atom. The minimum absolute atomic E-state index is 0.0929. The third-order valence-electron chi connectivity index (χ3n) is 2.72. The quantitative estimate of drug-likeness (QED) is 0.774. The van der Waals surface area contributed by atoms with Crippen molar-refractivity contribution in [1.82, 2.24) is 4.57 Å². The molecule has 1 aromatic heterocycles. The summed E-state index contributed by atoms with van der Waals surface area (Å²) in [6.45, 7) is 6.50. The zero-order valence-corrected chi connectivity index (χ0v) is 9.94. The summed E-state index contributed by atoms with van der Waals surface area (Å²) in [5.74, 6) is 0.309. The van der Waals surface area contributed by atoms with Crippen LogP contribution in [-0.2, 0) is 5.41 Å². The highest BCUT2D eigenvalue weighted by atomic mass is 16.3. The normalized spacial score (nSPS) is 11.7. The van der Waals surface area contributed by atoms with Gasteiger partial charge in [-0.2, -0.15) is 0 Å². The predicted molar refractivity (Wildman–Crippen MR) is 66.1 cm³/mol. The zero-order chi connectivity index (χ0) is 11.8. The molecule has 0 bridgehead atoms. The molecule has 2 aromatic rings. The van der Waals surface area contributed by atoms with Gasteiger partial charge < -0.3 is 9.67 Å². The van der Waals surface area contributed by atoms with Crippen LogP contribution in [0.25, 0.3) is 5.69 Å². The molecule has 0 aliphatic heterocycles. The van der Waals surface area contributed by atoms with Gasteiger partial charge in [-0.15, -0.1) is 0 Å². The van der Waals surface area contributed by atoms with Gasteiger partial charge in [0.15, 0.2) is 0 Å². The summed E-state index contributed by atoms with van der Waals surface area (Å²) in [7, 11) is 0. The lowest BCUT2D eigenvalue weighted by Crippen LogP contribution is -2.11. The molecule has 0 atom stereocenters. The van der Waals surface area contributed by atoms with Gasteiger partial charge in [0.05, 0.1) is 5.69 Å². The average Bonchev–Trinajstić information content (AvgIpc) is 2.69. The fourth-order valence-corrected chi connectivity index (χ4v) is 1.69. The first-order chi connectivity index (χ1) is 7.48. The topological polar surface area (TPSA) is 25.2 Å². The highest BCUT2D eigenvalue weighted by Gasteiger charge is 2.15. The molecule has 84 valence electrons. The summed E-state index contributed by atoms with van der Waals surface area (Å²) < 4.78 is 1.92. The highest BCUT2D eigenvalue weighted by molar-refractivity contribution is 5.49. The van der Waals surface area contributed by atoms with Gasteiger partial charge in [-0.3, -0.25) is 0 Å². The molecule has 0 amide bonds. The van der Waals surface area contributed by atoms with Crippen molar-refractivity contribution in [3.63, 3.8) is 0 Å². The summed E-state index contributed by atoms with van der Waals surface area (Å²) in [5, 5.41) is 9.85. The molecule has 0 saturated heterocycles. The molecule has 0 unspecified atom stereocenters. The Morgan fingerprint density at radius 2 is 1.69 bits per heavy atom. The Morgan fingerprint density at radius 1 is 1.06 bits per heavy atom. The van der Waals surface area contributed by atoms with E-state index in [4.69, 9.17) is 0 Å². The SMILES string of the molecule is CC(C)(C)c1ccc(O)c(-n2cccc2)c1. The van der Waals surface area contributed by atoms with Crippen LogP contribution in [0.5, 0.6) is 5.75 Å². The van der Waals surface area contributed by atoms with Gasteiger partial charge in [0, 0.05) is 12.4 Å². The summed E-state index contributed by atoms with van der Waals surface area (Å²) in [4.78, 5) is 0. The standard InChI is InChI=1S/C14H17NO/c1-14(2,3)11-6-7-13(16)12(10-11)15-8-4-5-9-15/h4-10,16H,1-3H3. The van der Waals surface area contributed by atoms with E-state index >= 15 is 0 Å². The molecular weight excluding hydrogens is 198 g/mol. The van der Waals surface area contributed by atoms with Crippen molar-refractivity contribution in [2.24, 2.45) is 0 Å². The maximum Gasteiger partial charge on any atom is 0.139 e. The average molecular weight is 215 g/mol. The van der Waals surface area contributed by atoms with Crippen LogP contribution in [0.15, 0.2) is 42.7 Å². The minimum atomic E-state index is 0.0929. The van der Waals surface area contributed by atoms with E-state index in [2.05, 4.69) is 20.8 Å². The largest absolute Gasteiger partial charge is 0.506 e. The maximum absolute atomic E-state index is 9.85. The molecule has 16 heavy (non-hydrogen) atoms. The van der Waals surface area contributed by atoms with Crippen molar-refractivity contribution in [1.29, 1.82) is 0 Å². The van der Waals surface area contributed by atoms with E-state index in [-0.39, 0.29) is 5.41 Å². The van der Waals surface area contributed by atoms with E-state index in [1.165, 1.54) is 5.56 Å². The number of aromatic nitrogens is 1. The fourth-order valence-electron chi connectivity index (χ4n) is 1.69. The Labute approximate surface area is 96.2 Å². The van der Waals surface area contributed by atoms with E-state index in [1.54, 1.807) is 6.07 Å². The van der Waals surface area contributed by atoms with Crippen molar-refractivity contribution in [2.75, 3.05) is 0 Å². The van der Waals surface area contributed by atoms with Crippen LogP contribution in [-0.4, -0.2) is 9.67 Å². The first-order valence-corrected chi connectivity index (χ1v) is 5.45. The van der Waals surface area contributed by atoms with Crippen LogP contribution in [0.3, 0.4) is 0 Å². The van der Waals surface area contributed by atoms with Crippen molar-refractivity contribution in [2.45, 2.75) is 26.2 Å². The van der Waals surface area contributed by atoms with Crippen LogP contribution in [0.4, 0.5) is 0 Å². The number of benzene rings is 1. The second kappa shape index (κ2) is 3.71. The zero-order valence-electron chi connectivity index (χ0n) is 9.94. The second-order valence-corrected chi connectivity index (χ2v) is 5.04. The third kappa shape index (κ3) is 1.96. The van der Waals surface area contributed by atoms with Gasteiger partial charge in [0.1, 0.15) is 5.75 Å². The second-order valence-electron chi connectivity index (χ2n) is 5.04. The van der Waals surface area contributed by atoms with E-state index in [9.17, 15) is 5.11 Å². The van der Waals surface area contributed by atoms with Gasteiger partial charge in [-0.1, -0.05) is 26.8 Å². The molecule has 0 saturated carbocycles. The monoisotopic (exact) mass is 215 g/mol. The molecular formula is C14H17NO. The molecule has 1 aromatic carbocycles. The molecule has 0 aliphatic rings. The summed E-state index contributed by atoms with van der Waals surface area (Å²) >= 11 is 0. The van der Waals surface area contributed by atoms with Gasteiger partial charge in [0.25, 0.3) is 0 Å². The number of aromatic hydroxyl groups is 1. The Bertz CT molecular complexity index is 478. The maximum atomic E-state index is 9.85. The van der Waals surface area contributed by atoms with Crippen molar-refractivity contribution in [3.05, 3.63) is 48.3 Å². The lowest BCUT2D eigenvalue weighted by Gasteiger charge is -2.20. The predicted octanol–water partition coefficient (Wildman–Crippen LogP) is 3.48. The van der Waals surface area contributed by atoms with Crippen LogP contribution < -0.4 is 0 Å². The van der Waals surface area contributed by atoms with Crippen LogP contribution in [0.1, 0.15) is 26.3 Å². The number of hydrogen-bond donors (Lipinski definition) is 1. The Balaban J connectivity index is 2.54. The number of rotatable bonds is 1. The molecule has 0 aliphatic carbocycles. The fraction of sp³-hybridized carbons (Fsp3) is 0.286. The Kier molecular flexibility index (Phi) is 2.50. The molecule has 0 spiro atoms. The van der Waals surface area contributed by atoms with Crippen molar-refractivity contribution < 1.29 is 5.11 Å². The van der Waals surface area contributed by atoms with E-state index < -0.39 is 0 Å². The molecule has 1 N–H and O–H groups in total. The van der Waals surface area contributed by atoms with Crippen molar-refractivity contribution in [3.8, 4) is 11.4 Å². The van der Waals surface area contributed by atoms with Crippen molar-refractivity contribution >= 4 is 0 Å². The molecule has 2 rings (SSSR count). The Hall–Kier alpha value is -1.70. The smallest absolute Gasteiger partial charge is 0.139 e. The minimum Gasteiger partial charge on any atom is -0.506 e. The van der Waals surface area contributed by atoms with E-state index in [0.717, 1.165) is 5.69 Å². The number of phenolic OH excluding ortho intramolecular Hbond substituents is 1. The molecule has 0 fully saturated rings. The first-order valence-electron chi connectivity index (χ1n) is 5.45. The van der Waals surface area contributed by atoms with Crippen LogP contribution in [0.2, 0.25) is 0 Å². The summed E-state index contributed by atoms with van der Waals surface area (Å²) in [6, 6.07) is 9.67. The summed E-state index contributed by atoms with van der Waals surface area (Å²) in [5.41, 5.74) is 2.14. The van der Waals surface area contributed by atoms with Gasteiger partial charge in [-0.25, -0.2) is 0 Å². The molecule has 2 nitrogen and oxygen atoms in total. The number of hydrogen-bond acceptors (Lipinski definition) is 1. The van der Waals surface area contributed by atoms with Gasteiger partial charge >= 0.3 is 0 Å². The number of nitrogens with zero attached hydrogens (tertiary/aromatic N) is 1. The van der Waals surface area contributed by atoms with E-state index in [0.29, 0.717) is 5.75 Å². The first kappa shape index (κ1) is 10.8. The highest BCUT2D eigenvalue weighted by Crippen LogP contribution is 2.29. The van der Waals surface area contributed by atoms with Crippen LogP contribution >= 0.6 is 0 Å². The van der Waals surface area contributed by atoms with Gasteiger partial charge in [0.2, 0.25) is 0 Å². The lowest BCUT2D eigenvalue weighted by atomic mass is 9.87. The van der Waals surface area contributed by atoms with E-state index in [1.807, 2.05) is 41.2 Å². The molecule has 1 heterocycles. The summed E-state index contributed by atoms with van der Waals surface area (Å²) in [6.07, 6.45) is 3.86. The van der Waals surface area contributed by atoms with Gasteiger partial charge in [-0.05, 0) is 35.2 Å². The number of phenols is 1. The molecule has 2 heteroatoms. The molecule has 0 radical (unpaired) electrons.